The summed E-state index contributed by atoms with van der Waals surface area (Å²) in [6.45, 7) is 10.3. The molecule has 16 heavy (non-hydrogen) atoms. The SMILES string of the molecule is CC(NC(C)(C)C(=O)O)C(=O)NC(C)(C)C. The molecule has 0 spiro atoms. The van der Waals surface area contributed by atoms with E-state index in [2.05, 4.69) is 10.6 Å². The number of hydrogen-bond acceptors (Lipinski definition) is 3. The van der Waals surface area contributed by atoms with Gasteiger partial charge in [-0.2, -0.15) is 0 Å². The van der Waals surface area contributed by atoms with Crippen molar-refractivity contribution >= 4 is 11.9 Å². The van der Waals surface area contributed by atoms with Gasteiger partial charge in [0, 0.05) is 5.54 Å². The summed E-state index contributed by atoms with van der Waals surface area (Å²) >= 11 is 0. The van der Waals surface area contributed by atoms with Crippen LogP contribution in [0.3, 0.4) is 0 Å². The third-order valence-electron chi connectivity index (χ3n) is 2.00. The van der Waals surface area contributed by atoms with E-state index in [0.717, 1.165) is 0 Å². The fourth-order valence-electron chi connectivity index (χ4n) is 1.15. The number of rotatable bonds is 4. The molecule has 0 aromatic carbocycles. The van der Waals surface area contributed by atoms with Crippen LogP contribution in [0.5, 0.6) is 0 Å². The summed E-state index contributed by atoms with van der Waals surface area (Å²) in [5.41, 5.74) is -1.44. The second kappa shape index (κ2) is 4.82. The molecule has 1 amide bonds. The van der Waals surface area contributed by atoms with Gasteiger partial charge in [-0.1, -0.05) is 0 Å². The van der Waals surface area contributed by atoms with Crippen LogP contribution in [0.4, 0.5) is 0 Å². The van der Waals surface area contributed by atoms with Crippen molar-refractivity contribution in [2.75, 3.05) is 0 Å². The smallest absolute Gasteiger partial charge is 0.323 e. The number of carbonyl (C=O) groups excluding carboxylic acids is 1. The Morgan fingerprint density at radius 3 is 1.88 bits per heavy atom. The molecule has 0 rings (SSSR count). The van der Waals surface area contributed by atoms with Crippen LogP contribution in [0.1, 0.15) is 41.5 Å². The minimum Gasteiger partial charge on any atom is -0.480 e. The Labute approximate surface area is 96.6 Å². The van der Waals surface area contributed by atoms with Gasteiger partial charge in [0.25, 0.3) is 0 Å². The zero-order valence-electron chi connectivity index (χ0n) is 10.8. The van der Waals surface area contributed by atoms with Gasteiger partial charge in [-0.3, -0.25) is 14.9 Å². The van der Waals surface area contributed by atoms with E-state index in [-0.39, 0.29) is 11.4 Å². The van der Waals surface area contributed by atoms with Crippen molar-refractivity contribution in [1.29, 1.82) is 0 Å². The van der Waals surface area contributed by atoms with Gasteiger partial charge in [-0.25, -0.2) is 0 Å². The molecule has 5 heteroatoms. The van der Waals surface area contributed by atoms with Gasteiger partial charge in [-0.05, 0) is 41.5 Å². The van der Waals surface area contributed by atoms with Crippen molar-refractivity contribution in [3.63, 3.8) is 0 Å². The van der Waals surface area contributed by atoms with Crippen molar-refractivity contribution in [3.8, 4) is 0 Å². The molecule has 0 aromatic heterocycles. The minimum absolute atomic E-state index is 0.207. The van der Waals surface area contributed by atoms with Crippen molar-refractivity contribution in [1.82, 2.24) is 10.6 Å². The van der Waals surface area contributed by atoms with Gasteiger partial charge in [0.15, 0.2) is 0 Å². The highest BCUT2D eigenvalue weighted by atomic mass is 16.4. The van der Waals surface area contributed by atoms with Crippen LogP contribution in [0, 0.1) is 0 Å². The molecule has 0 aromatic rings. The van der Waals surface area contributed by atoms with Crippen LogP contribution in [-0.4, -0.2) is 34.1 Å². The molecule has 0 aliphatic heterocycles. The van der Waals surface area contributed by atoms with Crippen LogP contribution in [0.25, 0.3) is 0 Å². The molecule has 1 atom stereocenters. The Balaban J connectivity index is 4.43. The van der Waals surface area contributed by atoms with Crippen LogP contribution >= 0.6 is 0 Å². The number of hydrogen-bond donors (Lipinski definition) is 3. The molecule has 0 saturated carbocycles. The molecule has 0 saturated heterocycles. The standard InChI is InChI=1S/C11H22N2O3/c1-7(8(14)13-10(2,3)4)12-11(5,6)9(15)16/h7,12H,1-6H3,(H,13,14)(H,15,16). The quantitative estimate of drug-likeness (QED) is 0.665. The fraction of sp³-hybridized carbons (Fsp3) is 0.818. The molecule has 0 bridgehead atoms. The molecule has 94 valence electrons. The van der Waals surface area contributed by atoms with Crippen molar-refractivity contribution in [2.24, 2.45) is 0 Å². The largest absolute Gasteiger partial charge is 0.480 e. The minimum atomic E-state index is -1.12. The Kier molecular flexibility index (Phi) is 4.49. The van der Waals surface area contributed by atoms with Gasteiger partial charge in [0.05, 0.1) is 6.04 Å². The van der Waals surface area contributed by atoms with Gasteiger partial charge in [-0.15, -0.1) is 0 Å². The predicted molar refractivity (Wildman–Crippen MR) is 62.2 cm³/mol. The molecule has 5 nitrogen and oxygen atoms in total. The first-order chi connectivity index (χ1) is 6.96. The first kappa shape index (κ1) is 14.9. The summed E-state index contributed by atoms with van der Waals surface area (Å²) in [5.74, 6) is -1.19. The lowest BCUT2D eigenvalue weighted by atomic mass is 10.0. The Hall–Kier alpha value is -1.10. The molecular formula is C11H22N2O3. The van der Waals surface area contributed by atoms with E-state index in [1.54, 1.807) is 6.92 Å². The monoisotopic (exact) mass is 230 g/mol. The fourth-order valence-corrected chi connectivity index (χ4v) is 1.15. The second-order valence-electron chi connectivity index (χ2n) is 5.54. The highest BCUT2D eigenvalue weighted by molar-refractivity contribution is 5.84. The number of carbonyl (C=O) groups is 2. The molecule has 0 heterocycles. The number of amides is 1. The van der Waals surface area contributed by atoms with E-state index in [1.807, 2.05) is 20.8 Å². The summed E-state index contributed by atoms with van der Waals surface area (Å²) in [7, 11) is 0. The van der Waals surface area contributed by atoms with Crippen LogP contribution < -0.4 is 10.6 Å². The lowest BCUT2D eigenvalue weighted by Crippen LogP contribution is -2.57. The average Bonchev–Trinajstić information content (AvgIpc) is 1.99. The number of aliphatic carboxylic acids is 1. The van der Waals surface area contributed by atoms with E-state index in [0.29, 0.717) is 0 Å². The number of nitrogens with one attached hydrogen (secondary N) is 2. The topological polar surface area (TPSA) is 78.4 Å². The highest BCUT2D eigenvalue weighted by Crippen LogP contribution is 2.05. The van der Waals surface area contributed by atoms with Gasteiger partial charge >= 0.3 is 5.97 Å². The molecule has 1 unspecified atom stereocenters. The molecule has 0 aliphatic carbocycles. The summed E-state index contributed by atoms with van der Waals surface area (Å²) in [6.07, 6.45) is 0. The van der Waals surface area contributed by atoms with Crippen molar-refractivity contribution in [3.05, 3.63) is 0 Å². The molecule has 0 aliphatic rings. The van der Waals surface area contributed by atoms with E-state index in [1.165, 1.54) is 13.8 Å². The second-order valence-corrected chi connectivity index (χ2v) is 5.54. The summed E-state index contributed by atoms with van der Waals surface area (Å²) in [6, 6.07) is -0.551. The van der Waals surface area contributed by atoms with Crippen LogP contribution in [0.2, 0.25) is 0 Å². The molecular weight excluding hydrogens is 208 g/mol. The van der Waals surface area contributed by atoms with E-state index < -0.39 is 17.6 Å². The maximum absolute atomic E-state index is 11.7. The van der Waals surface area contributed by atoms with Crippen LogP contribution in [0.15, 0.2) is 0 Å². The first-order valence-electron chi connectivity index (χ1n) is 5.29. The van der Waals surface area contributed by atoms with Gasteiger partial charge in [0.1, 0.15) is 5.54 Å². The van der Waals surface area contributed by atoms with Crippen molar-refractivity contribution < 1.29 is 14.7 Å². The summed E-state index contributed by atoms with van der Waals surface area (Å²) in [5, 5.41) is 14.5. The zero-order chi connectivity index (χ0) is 13.1. The third kappa shape index (κ3) is 5.11. The zero-order valence-corrected chi connectivity index (χ0v) is 10.8. The maximum atomic E-state index is 11.7. The Morgan fingerprint density at radius 2 is 1.56 bits per heavy atom. The maximum Gasteiger partial charge on any atom is 0.323 e. The van der Waals surface area contributed by atoms with E-state index in [9.17, 15) is 9.59 Å². The molecule has 0 fully saturated rings. The van der Waals surface area contributed by atoms with E-state index in [4.69, 9.17) is 5.11 Å². The number of carboxylic acids is 1. The average molecular weight is 230 g/mol. The first-order valence-corrected chi connectivity index (χ1v) is 5.29. The summed E-state index contributed by atoms with van der Waals surface area (Å²) < 4.78 is 0. The Morgan fingerprint density at radius 1 is 1.12 bits per heavy atom. The van der Waals surface area contributed by atoms with E-state index >= 15 is 0 Å². The van der Waals surface area contributed by atoms with Gasteiger partial charge < -0.3 is 10.4 Å². The van der Waals surface area contributed by atoms with Gasteiger partial charge in [0.2, 0.25) is 5.91 Å². The third-order valence-corrected chi connectivity index (χ3v) is 2.00. The normalized spacial score (nSPS) is 14.4. The molecule has 3 N–H and O–H groups in total. The van der Waals surface area contributed by atoms with Crippen molar-refractivity contribution in [2.45, 2.75) is 58.7 Å². The predicted octanol–water partition coefficient (Wildman–Crippen LogP) is 0.742. The lowest BCUT2D eigenvalue weighted by molar-refractivity contribution is -0.144. The number of carboxylic acid groups (broad SMARTS) is 1. The van der Waals surface area contributed by atoms with Crippen LogP contribution in [-0.2, 0) is 9.59 Å². The molecule has 0 radical (unpaired) electrons. The summed E-state index contributed by atoms with van der Waals surface area (Å²) in [4.78, 5) is 22.6. The lowest BCUT2D eigenvalue weighted by Gasteiger charge is -2.28. The Bertz CT molecular complexity index is 279. The highest BCUT2D eigenvalue weighted by Gasteiger charge is 2.31.